The van der Waals surface area contributed by atoms with E-state index in [1.54, 1.807) is 28.8 Å². The Kier molecular flexibility index (Phi) is 8.99. The van der Waals surface area contributed by atoms with Gasteiger partial charge in [-0.05, 0) is 50.3 Å². The molecule has 1 N–H and O–H groups in total. The second-order valence-electron chi connectivity index (χ2n) is 7.19. The summed E-state index contributed by atoms with van der Waals surface area (Å²) < 4.78 is 1.68. The van der Waals surface area contributed by atoms with Gasteiger partial charge >= 0.3 is 0 Å². The van der Waals surface area contributed by atoms with Gasteiger partial charge in [-0.1, -0.05) is 67.0 Å². The lowest BCUT2D eigenvalue weighted by Gasteiger charge is -2.19. The first-order chi connectivity index (χ1) is 15.4. The van der Waals surface area contributed by atoms with Crippen LogP contribution < -0.4 is 10.9 Å². The molecule has 0 aliphatic rings. The first-order valence-corrected chi connectivity index (χ1v) is 12.3. The molecule has 1 aromatic heterocycles. The number of nitrogens with one attached hydrogen (secondary N) is 1. The normalized spacial score (nSPS) is 11.3. The van der Waals surface area contributed by atoms with Crippen LogP contribution in [0, 0.1) is 0 Å². The lowest BCUT2D eigenvalue weighted by Crippen LogP contribution is -2.28. The number of carbonyl (C=O) groups is 1. The molecule has 0 fully saturated rings. The van der Waals surface area contributed by atoms with Crippen LogP contribution in [0.3, 0.4) is 0 Å². The van der Waals surface area contributed by atoms with Crippen molar-refractivity contribution in [1.82, 2.24) is 14.5 Å². The quantitative estimate of drug-likeness (QED) is 0.312. The van der Waals surface area contributed by atoms with Crippen LogP contribution in [-0.4, -0.2) is 45.7 Å². The van der Waals surface area contributed by atoms with Crippen molar-refractivity contribution < 1.29 is 4.79 Å². The lowest BCUT2D eigenvalue weighted by molar-refractivity contribution is -0.113. The SMILES string of the molecule is CCN(CC)CCCn1c(SCC(=O)Nc2cccc(Cl)c2Cl)nc2ccccc2c1=O. The fraction of sp³-hybridized carbons (Fsp3) is 0.348. The molecule has 0 unspecified atom stereocenters. The van der Waals surface area contributed by atoms with Gasteiger partial charge in [0.15, 0.2) is 5.16 Å². The minimum atomic E-state index is -0.253. The van der Waals surface area contributed by atoms with E-state index in [1.165, 1.54) is 11.8 Å². The second kappa shape index (κ2) is 11.7. The number of nitrogens with zero attached hydrogens (tertiary/aromatic N) is 3. The van der Waals surface area contributed by atoms with E-state index in [4.69, 9.17) is 23.2 Å². The molecular formula is C23H26Cl2N4O2S. The maximum absolute atomic E-state index is 13.1. The molecule has 0 aliphatic carbocycles. The van der Waals surface area contributed by atoms with Crippen LogP contribution in [0.2, 0.25) is 10.0 Å². The number of aromatic nitrogens is 2. The Morgan fingerprint density at radius 1 is 1.12 bits per heavy atom. The van der Waals surface area contributed by atoms with E-state index in [9.17, 15) is 9.59 Å². The summed E-state index contributed by atoms with van der Waals surface area (Å²) >= 11 is 13.4. The smallest absolute Gasteiger partial charge is 0.262 e. The van der Waals surface area contributed by atoms with Crippen LogP contribution in [0.4, 0.5) is 5.69 Å². The fourth-order valence-electron chi connectivity index (χ4n) is 3.36. The molecule has 1 amide bonds. The van der Waals surface area contributed by atoms with E-state index in [0.717, 1.165) is 26.1 Å². The van der Waals surface area contributed by atoms with Crippen molar-refractivity contribution in [3.05, 3.63) is 62.9 Å². The topological polar surface area (TPSA) is 67.2 Å². The Balaban J connectivity index is 1.78. The van der Waals surface area contributed by atoms with Crippen molar-refractivity contribution in [2.24, 2.45) is 0 Å². The highest BCUT2D eigenvalue weighted by atomic mass is 35.5. The van der Waals surface area contributed by atoms with E-state index >= 15 is 0 Å². The molecule has 0 saturated heterocycles. The molecule has 6 nitrogen and oxygen atoms in total. The van der Waals surface area contributed by atoms with E-state index in [-0.39, 0.29) is 17.2 Å². The Morgan fingerprint density at radius 2 is 1.88 bits per heavy atom. The van der Waals surface area contributed by atoms with Crippen molar-refractivity contribution in [3.63, 3.8) is 0 Å². The summed E-state index contributed by atoms with van der Waals surface area (Å²) in [4.78, 5) is 32.7. The molecule has 3 aromatic rings. The van der Waals surface area contributed by atoms with Crippen molar-refractivity contribution in [1.29, 1.82) is 0 Å². The van der Waals surface area contributed by atoms with Gasteiger partial charge in [-0.2, -0.15) is 0 Å². The molecule has 0 atom stereocenters. The molecule has 1 heterocycles. The van der Waals surface area contributed by atoms with Gasteiger partial charge in [0.2, 0.25) is 5.91 Å². The molecule has 0 saturated carbocycles. The van der Waals surface area contributed by atoms with E-state index in [2.05, 4.69) is 29.0 Å². The highest BCUT2D eigenvalue weighted by molar-refractivity contribution is 7.99. The summed E-state index contributed by atoms with van der Waals surface area (Å²) in [6.45, 7) is 7.62. The van der Waals surface area contributed by atoms with E-state index in [0.29, 0.717) is 38.3 Å². The number of halogens is 2. The molecule has 3 rings (SSSR count). The zero-order chi connectivity index (χ0) is 23.1. The van der Waals surface area contributed by atoms with Crippen LogP contribution in [0.1, 0.15) is 20.3 Å². The predicted octanol–water partition coefficient (Wildman–Crippen LogP) is 5.17. The Bertz CT molecular complexity index is 1150. The van der Waals surface area contributed by atoms with Gasteiger partial charge in [-0.25, -0.2) is 4.98 Å². The van der Waals surface area contributed by atoms with Crippen LogP contribution in [0.5, 0.6) is 0 Å². The number of hydrogen-bond donors (Lipinski definition) is 1. The maximum Gasteiger partial charge on any atom is 0.262 e. The zero-order valence-electron chi connectivity index (χ0n) is 18.1. The molecular weight excluding hydrogens is 467 g/mol. The van der Waals surface area contributed by atoms with Gasteiger partial charge in [0.1, 0.15) is 0 Å². The van der Waals surface area contributed by atoms with Crippen molar-refractivity contribution in [2.75, 3.05) is 30.7 Å². The molecule has 0 spiro atoms. The monoisotopic (exact) mass is 492 g/mol. The number of carbonyl (C=O) groups excluding carboxylic acids is 1. The summed E-state index contributed by atoms with van der Waals surface area (Å²) in [7, 11) is 0. The average molecular weight is 493 g/mol. The number of amides is 1. The first kappa shape index (κ1) is 24.6. The maximum atomic E-state index is 13.1. The first-order valence-electron chi connectivity index (χ1n) is 10.5. The number of rotatable bonds is 10. The number of para-hydroxylation sites is 1. The largest absolute Gasteiger partial charge is 0.324 e. The van der Waals surface area contributed by atoms with E-state index < -0.39 is 0 Å². The van der Waals surface area contributed by atoms with Crippen molar-refractivity contribution in [2.45, 2.75) is 32.0 Å². The molecule has 9 heteroatoms. The van der Waals surface area contributed by atoms with Crippen LogP contribution in [0.25, 0.3) is 10.9 Å². The highest BCUT2D eigenvalue weighted by Gasteiger charge is 2.15. The van der Waals surface area contributed by atoms with Gasteiger partial charge < -0.3 is 10.2 Å². The zero-order valence-corrected chi connectivity index (χ0v) is 20.4. The molecule has 0 radical (unpaired) electrons. The molecule has 0 aliphatic heterocycles. The minimum absolute atomic E-state index is 0.0870. The lowest BCUT2D eigenvalue weighted by atomic mass is 10.2. The third kappa shape index (κ3) is 6.04. The van der Waals surface area contributed by atoms with Gasteiger partial charge in [0, 0.05) is 6.54 Å². The number of fused-ring (bicyclic) bond motifs is 1. The Hall–Kier alpha value is -2.06. The average Bonchev–Trinajstić information content (AvgIpc) is 2.80. The van der Waals surface area contributed by atoms with Crippen molar-refractivity contribution in [3.8, 4) is 0 Å². The van der Waals surface area contributed by atoms with Gasteiger partial charge in [0.25, 0.3) is 5.56 Å². The summed E-state index contributed by atoms with van der Waals surface area (Å²) in [5, 5.41) is 4.54. The summed E-state index contributed by atoms with van der Waals surface area (Å²) in [6, 6.07) is 12.3. The molecule has 170 valence electrons. The van der Waals surface area contributed by atoms with Gasteiger partial charge in [-0.15, -0.1) is 0 Å². The number of hydrogen-bond acceptors (Lipinski definition) is 5. The third-order valence-corrected chi connectivity index (χ3v) is 6.93. The third-order valence-electron chi connectivity index (χ3n) is 5.14. The standard InChI is InChI=1S/C23H26Cl2N4O2S/c1-3-28(4-2)13-8-14-29-22(31)16-9-5-6-11-18(16)27-23(29)32-15-20(30)26-19-12-7-10-17(24)21(19)25/h5-7,9-12H,3-4,8,13-15H2,1-2H3,(H,26,30). The Morgan fingerprint density at radius 3 is 2.62 bits per heavy atom. The Labute approximate surface area is 201 Å². The van der Waals surface area contributed by atoms with Crippen LogP contribution in [0.15, 0.2) is 52.4 Å². The molecule has 32 heavy (non-hydrogen) atoms. The van der Waals surface area contributed by atoms with Crippen LogP contribution >= 0.6 is 35.0 Å². The summed E-state index contributed by atoms with van der Waals surface area (Å²) in [5.74, 6) is -0.166. The number of thioether (sulfide) groups is 1. The second-order valence-corrected chi connectivity index (χ2v) is 8.91. The van der Waals surface area contributed by atoms with Crippen LogP contribution in [-0.2, 0) is 11.3 Å². The molecule has 0 bridgehead atoms. The number of anilines is 1. The predicted molar refractivity (Wildman–Crippen MR) is 134 cm³/mol. The van der Waals surface area contributed by atoms with Gasteiger partial charge in [-0.3, -0.25) is 14.2 Å². The fourth-order valence-corrected chi connectivity index (χ4v) is 4.54. The highest BCUT2D eigenvalue weighted by Crippen LogP contribution is 2.29. The van der Waals surface area contributed by atoms with E-state index in [1.807, 2.05) is 18.2 Å². The summed E-state index contributed by atoms with van der Waals surface area (Å²) in [5.41, 5.74) is 0.988. The minimum Gasteiger partial charge on any atom is -0.324 e. The number of benzene rings is 2. The van der Waals surface area contributed by atoms with Crippen molar-refractivity contribution >= 4 is 57.5 Å². The summed E-state index contributed by atoms with van der Waals surface area (Å²) in [6.07, 6.45) is 0.819. The van der Waals surface area contributed by atoms with Gasteiger partial charge in [0.05, 0.1) is 32.4 Å². The molecule has 2 aromatic carbocycles.